The van der Waals surface area contributed by atoms with Crippen molar-refractivity contribution in [3.8, 4) is 0 Å². The summed E-state index contributed by atoms with van der Waals surface area (Å²) in [7, 11) is 0. The Morgan fingerprint density at radius 1 is 1.47 bits per heavy atom. The molecule has 0 atom stereocenters. The summed E-state index contributed by atoms with van der Waals surface area (Å²) in [5.74, 6) is 0.722. The normalized spacial score (nSPS) is 16.8. The third kappa shape index (κ3) is 2.91. The first-order valence-corrected chi connectivity index (χ1v) is 5.76. The maximum Gasteiger partial charge on any atom is 0.290 e. The van der Waals surface area contributed by atoms with Gasteiger partial charge in [0.2, 0.25) is 0 Å². The van der Waals surface area contributed by atoms with Gasteiger partial charge in [-0.25, -0.2) is 4.98 Å². The van der Waals surface area contributed by atoms with E-state index in [0.717, 1.165) is 31.7 Å². The fourth-order valence-corrected chi connectivity index (χ4v) is 2.00. The first-order chi connectivity index (χ1) is 8.16. The van der Waals surface area contributed by atoms with E-state index in [1.807, 2.05) is 0 Å². The Morgan fingerprint density at radius 3 is 2.76 bits per heavy atom. The number of aryl methyl sites for hydroxylation is 1. The minimum atomic E-state index is -0.406. The number of nitrogens with one attached hydrogen (secondary N) is 2. The summed E-state index contributed by atoms with van der Waals surface area (Å²) in [6, 6.07) is 3.59. The van der Waals surface area contributed by atoms with Crippen LogP contribution in [0.2, 0.25) is 0 Å². The number of aromatic nitrogens is 1. The van der Waals surface area contributed by atoms with Gasteiger partial charge in [-0.3, -0.25) is 10.1 Å². The van der Waals surface area contributed by atoms with Gasteiger partial charge in [-0.1, -0.05) is 0 Å². The second kappa shape index (κ2) is 5.09. The van der Waals surface area contributed by atoms with Crippen molar-refractivity contribution in [3.05, 3.63) is 27.9 Å². The van der Waals surface area contributed by atoms with Gasteiger partial charge in [0.15, 0.2) is 0 Å². The van der Waals surface area contributed by atoms with E-state index in [0.29, 0.717) is 11.7 Å². The van der Waals surface area contributed by atoms with Gasteiger partial charge < -0.3 is 10.6 Å². The van der Waals surface area contributed by atoms with E-state index in [2.05, 4.69) is 15.6 Å². The molecule has 6 heteroatoms. The maximum atomic E-state index is 10.7. The van der Waals surface area contributed by atoms with E-state index in [1.54, 1.807) is 13.0 Å². The van der Waals surface area contributed by atoms with E-state index in [9.17, 15) is 10.1 Å². The molecule has 1 aromatic heterocycles. The molecule has 2 rings (SSSR count). The lowest BCUT2D eigenvalue weighted by atomic mass is 10.1. The number of piperidine rings is 1. The van der Waals surface area contributed by atoms with E-state index < -0.39 is 4.92 Å². The highest BCUT2D eigenvalue weighted by Gasteiger charge is 2.15. The molecule has 0 aromatic carbocycles. The molecule has 6 nitrogen and oxygen atoms in total. The summed E-state index contributed by atoms with van der Waals surface area (Å²) in [5, 5.41) is 17.3. The first-order valence-electron chi connectivity index (χ1n) is 5.76. The van der Waals surface area contributed by atoms with Crippen molar-refractivity contribution in [1.29, 1.82) is 0 Å². The molecule has 1 saturated heterocycles. The molecule has 2 heterocycles. The fourth-order valence-electron chi connectivity index (χ4n) is 2.00. The third-order valence-electron chi connectivity index (χ3n) is 2.95. The van der Waals surface area contributed by atoms with Crippen molar-refractivity contribution in [1.82, 2.24) is 10.3 Å². The van der Waals surface area contributed by atoms with Gasteiger partial charge in [-0.15, -0.1) is 0 Å². The summed E-state index contributed by atoms with van der Waals surface area (Å²) in [6.45, 7) is 3.67. The summed E-state index contributed by atoms with van der Waals surface area (Å²) in [5.41, 5.74) is 0.523. The molecule has 0 bridgehead atoms. The second-order valence-electron chi connectivity index (χ2n) is 4.23. The van der Waals surface area contributed by atoms with E-state index in [4.69, 9.17) is 0 Å². The van der Waals surface area contributed by atoms with Crippen LogP contribution in [0.15, 0.2) is 12.1 Å². The number of nitrogens with zero attached hydrogens (tertiary/aromatic N) is 2. The highest BCUT2D eigenvalue weighted by molar-refractivity contribution is 5.45. The predicted octanol–water partition coefficient (Wildman–Crippen LogP) is 1.46. The average Bonchev–Trinajstić information content (AvgIpc) is 2.30. The lowest BCUT2D eigenvalue weighted by Gasteiger charge is -2.24. The molecule has 0 unspecified atom stereocenters. The number of pyridine rings is 1. The van der Waals surface area contributed by atoms with Crippen molar-refractivity contribution in [3.63, 3.8) is 0 Å². The summed E-state index contributed by atoms with van der Waals surface area (Å²) < 4.78 is 0. The quantitative estimate of drug-likeness (QED) is 0.613. The Balaban J connectivity index is 2.06. The molecular weight excluding hydrogens is 220 g/mol. The molecule has 0 spiro atoms. The summed E-state index contributed by atoms with van der Waals surface area (Å²) in [4.78, 5) is 14.5. The Morgan fingerprint density at radius 2 is 2.18 bits per heavy atom. The number of nitro groups is 1. The van der Waals surface area contributed by atoms with Crippen molar-refractivity contribution >= 4 is 11.5 Å². The maximum absolute atomic E-state index is 10.7. The fraction of sp³-hybridized carbons (Fsp3) is 0.545. The molecule has 1 aliphatic heterocycles. The lowest BCUT2D eigenvalue weighted by molar-refractivity contribution is -0.385. The zero-order chi connectivity index (χ0) is 12.3. The Kier molecular flexibility index (Phi) is 3.53. The molecule has 0 amide bonds. The van der Waals surface area contributed by atoms with Crippen LogP contribution in [0.5, 0.6) is 0 Å². The van der Waals surface area contributed by atoms with Crippen molar-refractivity contribution in [2.75, 3.05) is 18.4 Å². The molecule has 0 radical (unpaired) electrons. The molecule has 2 N–H and O–H groups in total. The van der Waals surface area contributed by atoms with Crippen LogP contribution in [0.4, 0.5) is 11.5 Å². The Labute approximate surface area is 99.6 Å². The zero-order valence-corrected chi connectivity index (χ0v) is 9.77. The number of anilines is 1. The van der Waals surface area contributed by atoms with E-state index in [1.165, 1.54) is 6.07 Å². The largest absolute Gasteiger partial charge is 0.367 e. The van der Waals surface area contributed by atoms with Crippen molar-refractivity contribution in [2.45, 2.75) is 25.8 Å². The molecule has 1 aliphatic rings. The van der Waals surface area contributed by atoms with Gasteiger partial charge in [0.1, 0.15) is 11.5 Å². The topological polar surface area (TPSA) is 80.1 Å². The van der Waals surface area contributed by atoms with Gasteiger partial charge in [0.05, 0.1) is 4.92 Å². The number of hydrogen-bond acceptors (Lipinski definition) is 5. The molecule has 17 heavy (non-hydrogen) atoms. The molecule has 1 fully saturated rings. The van der Waals surface area contributed by atoms with Gasteiger partial charge in [0, 0.05) is 12.1 Å². The number of rotatable bonds is 3. The Bertz CT molecular complexity index is 416. The highest BCUT2D eigenvalue weighted by Crippen LogP contribution is 2.19. The second-order valence-corrected chi connectivity index (χ2v) is 4.23. The monoisotopic (exact) mass is 236 g/mol. The first kappa shape index (κ1) is 11.8. The molecule has 92 valence electrons. The minimum absolute atomic E-state index is 0.0702. The molecular formula is C11H16N4O2. The van der Waals surface area contributed by atoms with Crippen molar-refractivity contribution < 1.29 is 4.92 Å². The SMILES string of the molecule is Cc1nc(NC2CCNCC2)ccc1[N+](=O)[O-]. The van der Waals surface area contributed by atoms with E-state index >= 15 is 0 Å². The predicted molar refractivity (Wildman–Crippen MR) is 65.1 cm³/mol. The van der Waals surface area contributed by atoms with E-state index in [-0.39, 0.29) is 5.69 Å². The summed E-state index contributed by atoms with van der Waals surface area (Å²) in [6.07, 6.45) is 2.11. The molecule has 1 aromatic rings. The lowest BCUT2D eigenvalue weighted by Crippen LogP contribution is -2.35. The van der Waals surface area contributed by atoms with Gasteiger partial charge in [-0.05, 0) is 38.9 Å². The van der Waals surface area contributed by atoms with Crippen LogP contribution in [0.1, 0.15) is 18.5 Å². The summed E-state index contributed by atoms with van der Waals surface area (Å²) >= 11 is 0. The smallest absolute Gasteiger partial charge is 0.290 e. The Hall–Kier alpha value is -1.69. The number of hydrogen-bond donors (Lipinski definition) is 2. The van der Waals surface area contributed by atoms with Gasteiger partial charge >= 0.3 is 0 Å². The van der Waals surface area contributed by atoms with Crippen LogP contribution in [-0.4, -0.2) is 29.0 Å². The van der Waals surface area contributed by atoms with Crippen LogP contribution in [0.25, 0.3) is 0 Å². The average molecular weight is 236 g/mol. The van der Waals surface area contributed by atoms with Gasteiger partial charge in [0.25, 0.3) is 5.69 Å². The molecule has 0 aliphatic carbocycles. The van der Waals surface area contributed by atoms with Crippen LogP contribution in [0.3, 0.4) is 0 Å². The minimum Gasteiger partial charge on any atom is -0.367 e. The van der Waals surface area contributed by atoms with Crippen LogP contribution < -0.4 is 10.6 Å². The van der Waals surface area contributed by atoms with Crippen LogP contribution >= 0.6 is 0 Å². The van der Waals surface area contributed by atoms with Crippen LogP contribution in [0, 0.1) is 17.0 Å². The molecule has 0 saturated carbocycles. The highest BCUT2D eigenvalue weighted by atomic mass is 16.6. The van der Waals surface area contributed by atoms with Gasteiger partial charge in [-0.2, -0.15) is 0 Å². The van der Waals surface area contributed by atoms with Crippen LogP contribution in [-0.2, 0) is 0 Å². The van der Waals surface area contributed by atoms with Crippen molar-refractivity contribution in [2.24, 2.45) is 0 Å². The third-order valence-corrected chi connectivity index (χ3v) is 2.95. The standard InChI is InChI=1S/C11H16N4O2/c1-8-10(15(16)17)2-3-11(13-8)14-9-4-6-12-7-5-9/h2-3,9,12H,4-7H2,1H3,(H,13,14). The zero-order valence-electron chi connectivity index (χ0n) is 9.77.